The quantitative estimate of drug-likeness (QED) is 0.0450. The van der Waals surface area contributed by atoms with Gasteiger partial charge in [-0.15, -0.1) is 0 Å². The molecular weight excluding hydrogens is 832 g/mol. The van der Waals surface area contributed by atoms with Crippen LogP contribution < -0.4 is 14.9 Å². The Labute approximate surface area is 347 Å². The van der Waals surface area contributed by atoms with Gasteiger partial charge in [0.25, 0.3) is 0 Å². The van der Waals surface area contributed by atoms with Crippen molar-refractivity contribution in [2.45, 2.75) is 80.9 Å². The Bertz CT molecular complexity index is 2380. The molecule has 2 aliphatic rings. The summed E-state index contributed by atoms with van der Waals surface area (Å²) in [5, 5.41) is 112. The minimum atomic E-state index is -2.03. The van der Waals surface area contributed by atoms with E-state index in [2.05, 4.69) is 0 Å². The maximum atomic E-state index is 14.0. The topological polar surface area (TPSA) is 359 Å². The summed E-state index contributed by atoms with van der Waals surface area (Å²) in [5.41, 5.74) is -1.20. The van der Waals surface area contributed by atoms with Crippen LogP contribution in [0.15, 0.2) is 69.9 Å². The summed E-state index contributed by atoms with van der Waals surface area (Å²) in [6, 6.07) is 10.7. The van der Waals surface area contributed by atoms with Gasteiger partial charge in [-0.1, -0.05) is 12.1 Å². The van der Waals surface area contributed by atoms with E-state index in [1.807, 2.05) is 0 Å². The number of rotatable bonds is 13. The molecule has 11 N–H and O–H groups in total. The number of aliphatic hydroxyl groups is 6. The molecule has 0 aliphatic carbocycles. The fraction of sp³-hybridized carbons (Fsp3) is 0.350. The molecule has 6 rings (SSSR count). The second kappa shape index (κ2) is 18.6. The molecule has 2 aliphatic heterocycles. The summed E-state index contributed by atoms with van der Waals surface area (Å²) < 4.78 is 38.4. The van der Waals surface area contributed by atoms with Gasteiger partial charge in [0.1, 0.15) is 77.6 Å². The molecule has 0 saturated carbocycles. The number of carboxylic acid groups (broad SMARTS) is 1. The van der Waals surface area contributed by atoms with Crippen LogP contribution in [0.5, 0.6) is 34.5 Å². The number of carboxylic acids is 1. The van der Waals surface area contributed by atoms with Gasteiger partial charge in [0.2, 0.25) is 29.9 Å². The number of carbonyl (C=O) groups is 3. The van der Waals surface area contributed by atoms with E-state index in [-0.39, 0.29) is 11.3 Å². The fourth-order valence-electron chi connectivity index (χ4n) is 6.32. The third-order valence-electron chi connectivity index (χ3n) is 9.68. The Morgan fingerprint density at radius 2 is 1.42 bits per heavy atom. The first-order valence-electron chi connectivity index (χ1n) is 18.5. The Balaban J connectivity index is 1.23. The van der Waals surface area contributed by atoms with E-state index in [1.165, 1.54) is 43.3 Å². The summed E-state index contributed by atoms with van der Waals surface area (Å²) in [4.78, 5) is 50.8. The van der Waals surface area contributed by atoms with Crippen LogP contribution in [-0.4, -0.2) is 148 Å². The van der Waals surface area contributed by atoms with Crippen LogP contribution in [0.25, 0.3) is 28.4 Å². The molecule has 0 radical (unpaired) electrons. The zero-order valence-electron chi connectivity index (χ0n) is 32.0. The number of ether oxygens (including phenoxy) is 6. The van der Waals surface area contributed by atoms with Crippen LogP contribution >= 0.6 is 0 Å². The van der Waals surface area contributed by atoms with E-state index in [9.17, 15) is 75.3 Å². The first kappa shape index (κ1) is 45.0. The van der Waals surface area contributed by atoms with Gasteiger partial charge in [-0.3, -0.25) is 9.59 Å². The Morgan fingerprint density at radius 1 is 0.758 bits per heavy atom. The van der Waals surface area contributed by atoms with Crippen LogP contribution in [0.4, 0.5) is 0 Å². The number of phenols is 4. The van der Waals surface area contributed by atoms with Gasteiger partial charge in [-0.05, 0) is 48.9 Å². The maximum Gasteiger partial charge on any atom is 0.348 e. The van der Waals surface area contributed by atoms with Crippen molar-refractivity contribution in [2.24, 2.45) is 0 Å². The van der Waals surface area contributed by atoms with Gasteiger partial charge in [0, 0.05) is 23.8 Å². The van der Waals surface area contributed by atoms with E-state index < -0.39 is 149 Å². The highest BCUT2D eigenvalue weighted by Gasteiger charge is 2.47. The van der Waals surface area contributed by atoms with Gasteiger partial charge in [-0.25, -0.2) is 9.59 Å². The molecule has 11 unspecified atom stereocenters. The van der Waals surface area contributed by atoms with Crippen LogP contribution in [0.3, 0.4) is 0 Å². The molecule has 22 nitrogen and oxygen atoms in total. The lowest BCUT2D eigenvalue weighted by molar-refractivity contribution is -0.279. The van der Waals surface area contributed by atoms with Crippen molar-refractivity contribution in [2.75, 3.05) is 6.61 Å². The molecule has 0 amide bonds. The van der Waals surface area contributed by atoms with E-state index in [0.29, 0.717) is 5.56 Å². The first-order chi connectivity index (χ1) is 29.3. The molecule has 332 valence electrons. The normalized spacial score (nSPS) is 26.8. The van der Waals surface area contributed by atoms with Crippen molar-refractivity contribution in [3.8, 4) is 45.8 Å². The van der Waals surface area contributed by atoms with Gasteiger partial charge in [0.15, 0.2) is 17.3 Å². The maximum absolute atomic E-state index is 14.0. The summed E-state index contributed by atoms with van der Waals surface area (Å²) in [6.07, 6.45) is -18.6. The third kappa shape index (κ3) is 9.83. The Hall–Kier alpha value is -6.50. The third-order valence-corrected chi connectivity index (χ3v) is 9.68. The lowest BCUT2D eigenvalue weighted by Crippen LogP contribution is -2.60. The molecule has 11 atom stereocenters. The van der Waals surface area contributed by atoms with E-state index in [4.69, 9.17) is 32.8 Å². The Kier molecular flexibility index (Phi) is 13.5. The lowest BCUT2D eigenvalue weighted by atomic mass is 9.99. The number of phenolic OH excluding ortho intramolecular Hbond substituents is 4. The van der Waals surface area contributed by atoms with Gasteiger partial charge in [0.05, 0.1) is 12.5 Å². The van der Waals surface area contributed by atoms with Crippen molar-refractivity contribution >= 4 is 35.0 Å². The van der Waals surface area contributed by atoms with Gasteiger partial charge >= 0.3 is 17.9 Å². The molecule has 4 aromatic rings. The summed E-state index contributed by atoms with van der Waals surface area (Å²) >= 11 is 0. The number of aliphatic hydroxyl groups excluding tert-OH is 6. The number of hydrogen-bond acceptors (Lipinski definition) is 21. The summed E-state index contributed by atoms with van der Waals surface area (Å²) in [6.45, 7) is 0.435. The van der Waals surface area contributed by atoms with Crippen molar-refractivity contribution in [1.29, 1.82) is 0 Å². The highest BCUT2D eigenvalue weighted by atomic mass is 16.7. The predicted octanol–water partition coefficient (Wildman–Crippen LogP) is -0.682. The zero-order valence-corrected chi connectivity index (χ0v) is 32.0. The standard InChI is InChI=1S/C40H40O22/c1-15-29(48)32(51)34(53)39(57-15)62-37-31(50)28-22(44)11-19(12-23(28)60-36(37)17-5-8-20(42)21(43)10-17)58-40-35(54)33(52)30(49)25(61-40)14-56-38(55)24(13-26(45)46)59-27(47)9-4-16-2-6-18(41)7-3-16/h2-12,15,24-25,29-30,32-35,39-44,48-49,51-54H,13-14H2,1H3,(H,45,46). The highest BCUT2D eigenvalue weighted by Crippen LogP contribution is 2.40. The molecule has 1 aromatic heterocycles. The molecule has 62 heavy (non-hydrogen) atoms. The molecule has 3 aromatic carbocycles. The van der Waals surface area contributed by atoms with Crippen LogP contribution in [0.2, 0.25) is 0 Å². The number of fused-ring (bicyclic) bond motifs is 1. The number of hydrogen-bond donors (Lipinski definition) is 11. The molecule has 3 heterocycles. The highest BCUT2D eigenvalue weighted by molar-refractivity contribution is 5.91. The molecule has 2 fully saturated rings. The molecule has 0 bridgehead atoms. The molecule has 0 spiro atoms. The second-order valence-corrected chi connectivity index (χ2v) is 14.1. The van der Waals surface area contributed by atoms with Crippen molar-refractivity contribution in [3.05, 3.63) is 76.5 Å². The zero-order chi connectivity index (χ0) is 45.2. The second-order valence-electron chi connectivity index (χ2n) is 14.1. The number of carbonyl (C=O) groups excluding carboxylic acids is 2. The number of esters is 2. The van der Waals surface area contributed by atoms with E-state index in [1.54, 1.807) is 0 Å². The summed E-state index contributed by atoms with van der Waals surface area (Å²) in [5.74, 6) is -7.79. The van der Waals surface area contributed by atoms with Crippen molar-refractivity contribution < 1.29 is 103 Å². The fourth-order valence-corrected chi connectivity index (χ4v) is 6.32. The number of benzene rings is 3. The minimum absolute atomic E-state index is 0.0370. The van der Waals surface area contributed by atoms with E-state index in [0.717, 1.165) is 30.3 Å². The number of aliphatic carboxylic acids is 1. The Morgan fingerprint density at radius 3 is 2.08 bits per heavy atom. The average molecular weight is 873 g/mol. The summed E-state index contributed by atoms with van der Waals surface area (Å²) in [7, 11) is 0. The average Bonchev–Trinajstić information content (AvgIpc) is 3.22. The number of aromatic hydroxyl groups is 4. The SMILES string of the molecule is CC1OC(Oc2c(-c3ccc(O)c(O)c3)oc3cc(OC4OC(COC(=O)C(CC(=O)O)OC(=O)C=Cc5ccc(O)cc5)C(O)C(O)C4O)cc(O)c3c2=O)C(O)C(O)C1O. The molecule has 2 saturated heterocycles. The minimum Gasteiger partial charge on any atom is -0.508 e. The largest absolute Gasteiger partial charge is 0.508 e. The van der Waals surface area contributed by atoms with Gasteiger partial charge in [-0.2, -0.15) is 0 Å². The van der Waals surface area contributed by atoms with Crippen LogP contribution in [-0.2, 0) is 33.3 Å². The molecule has 22 heteroatoms. The van der Waals surface area contributed by atoms with Crippen molar-refractivity contribution in [3.63, 3.8) is 0 Å². The van der Waals surface area contributed by atoms with E-state index >= 15 is 0 Å². The molecular formula is C40H40O22. The van der Waals surface area contributed by atoms with Gasteiger partial charge < -0.3 is 89.0 Å². The lowest BCUT2D eigenvalue weighted by Gasteiger charge is -2.40. The van der Waals surface area contributed by atoms with Crippen LogP contribution in [0, 0.1) is 0 Å². The predicted molar refractivity (Wildman–Crippen MR) is 203 cm³/mol. The van der Waals surface area contributed by atoms with Crippen LogP contribution in [0.1, 0.15) is 18.9 Å². The smallest absolute Gasteiger partial charge is 0.348 e. The monoisotopic (exact) mass is 872 g/mol. The first-order valence-corrected chi connectivity index (χ1v) is 18.5. The van der Waals surface area contributed by atoms with Crippen molar-refractivity contribution in [1.82, 2.24) is 0 Å².